The lowest BCUT2D eigenvalue weighted by molar-refractivity contribution is -0.119. The van der Waals surface area contributed by atoms with E-state index in [2.05, 4.69) is 4.98 Å². The summed E-state index contributed by atoms with van der Waals surface area (Å²) in [6.45, 7) is 0.352. The summed E-state index contributed by atoms with van der Waals surface area (Å²) in [5, 5.41) is 0.968. The van der Waals surface area contributed by atoms with Crippen molar-refractivity contribution in [1.82, 2.24) is 4.98 Å². The van der Waals surface area contributed by atoms with Crippen molar-refractivity contribution in [2.45, 2.75) is 19.0 Å². The van der Waals surface area contributed by atoms with Crippen molar-refractivity contribution in [1.29, 1.82) is 0 Å². The zero-order valence-corrected chi connectivity index (χ0v) is 13.0. The van der Waals surface area contributed by atoms with Crippen LogP contribution in [0.15, 0.2) is 59.4 Å². The van der Waals surface area contributed by atoms with Crippen molar-refractivity contribution >= 4 is 22.5 Å². The monoisotopic (exact) mass is 319 g/mol. The average molecular weight is 319 g/mol. The number of pyridine rings is 1. The van der Waals surface area contributed by atoms with Crippen LogP contribution in [0, 0.1) is 0 Å². The first-order chi connectivity index (χ1) is 11.6. The highest BCUT2D eigenvalue weighted by Gasteiger charge is 2.33. The number of amides is 1. The molecule has 0 saturated carbocycles. The number of aromatic nitrogens is 1. The van der Waals surface area contributed by atoms with Gasteiger partial charge in [-0.2, -0.15) is 0 Å². The lowest BCUT2D eigenvalue weighted by Crippen LogP contribution is -2.43. The van der Waals surface area contributed by atoms with Gasteiger partial charge in [0.25, 0.3) is 5.56 Å². The molecule has 0 aliphatic carbocycles. The third kappa shape index (κ3) is 2.34. The predicted molar refractivity (Wildman–Crippen MR) is 93.9 cm³/mol. The molecule has 0 fully saturated rings. The van der Waals surface area contributed by atoms with Gasteiger partial charge >= 0.3 is 0 Å². The zero-order valence-electron chi connectivity index (χ0n) is 13.0. The number of primary amides is 1. The Bertz CT molecular complexity index is 993. The highest BCUT2D eigenvalue weighted by molar-refractivity contribution is 5.87. The van der Waals surface area contributed by atoms with E-state index in [-0.39, 0.29) is 11.5 Å². The summed E-state index contributed by atoms with van der Waals surface area (Å²) in [5.41, 5.74) is 8.92. The van der Waals surface area contributed by atoms with Crippen molar-refractivity contribution < 1.29 is 4.79 Å². The van der Waals surface area contributed by atoms with E-state index >= 15 is 0 Å². The fourth-order valence-corrected chi connectivity index (χ4v) is 3.39. The van der Waals surface area contributed by atoms with Gasteiger partial charge in [-0.15, -0.1) is 0 Å². The molecular weight excluding hydrogens is 302 g/mol. The second-order valence-electron chi connectivity index (χ2n) is 6.09. The molecule has 0 spiro atoms. The first-order valence-electron chi connectivity index (χ1n) is 7.88. The normalized spacial score (nSPS) is 16.3. The number of H-pyrrole nitrogens is 1. The van der Waals surface area contributed by atoms with E-state index in [9.17, 15) is 9.59 Å². The molecule has 3 aromatic rings. The van der Waals surface area contributed by atoms with E-state index in [1.165, 1.54) is 0 Å². The number of hydrogen-bond donors (Lipinski definition) is 2. The number of aromatic amines is 1. The average Bonchev–Trinajstić information content (AvgIpc) is 2.95. The molecule has 2 aromatic carbocycles. The number of carbonyl (C=O) groups is 1. The number of benzene rings is 2. The Morgan fingerprint density at radius 3 is 2.75 bits per heavy atom. The molecule has 2 heterocycles. The van der Waals surface area contributed by atoms with Crippen LogP contribution in [0.5, 0.6) is 0 Å². The minimum atomic E-state index is -0.423. The smallest absolute Gasteiger partial charge is 0.253 e. The number of rotatable bonds is 3. The van der Waals surface area contributed by atoms with Gasteiger partial charge in [0.15, 0.2) is 0 Å². The molecule has 5 nitrogen and oxygen atoms in total. The largest absolute Gasteiger partial charge is 0.368 e. The number of carbonyl (C=O) groups excluding carboxylic acids is 1. The molecule has 1 aliphatic rings. The Morgan fingerprint density at radius 1 is 1.17 bits per heavy atom. The Labute approximate surface area is 138 Å². The number of para-hydroxylation sites is 2. The van der Waals surface area contributed by atoms with E-state index in [1.54, 1.807) is 0 Å². The van der Waals surface area contributed by atoms with E-state index in [4.69, 9.17) is 5.73 Å². The van der Waals surface area contributed by atoms with E-state index < -0.39 is 6.04 Å². The van der Waals surface area contributed by atoms with Gasteiger partial charge in [0.2, 0.25) is 5.91 Å². The maximum absolute atomic E-state index is 12.4. The standard InChI is InChI=1S/C19H17N3O2/c20-18(23)17-10-13-6-2-4-8-16(13)22(17)11-14-9-12-5-1-3-7-15(12)21-19(14)24/h1-9,17H,10-11H2,(H2,20,23)(H,21,24)/t17-/m0/s1. The topological polar surface area (TPSA) is 79.2 Å². The van der Waals surface area contributed by atoms with E-state index in [0.717, 1.165) is 22.2 Å². The first kappa shape index (κ1) is 14.5. The Hall–Kier alpha value is -3.08. The summed E-state index contributed by atoms with van der Waals surface area (Å²) < 4.78 is 0. The highest BCUT2D eigenvalue weighted by atomic mass is 16.1. The van der Waals surface area contributed by atoms with Gasteiger partial charge < -0.3 is 15.6 Å². The molecule has 1 aromatic heterocycles. The van der Waals surface area contributed by atoms with Crippen LogP contribution in [0.25, 0.3) is 10.9 Å². The van der Waals surface area contributed by atoms with Gasteiger partial charge in [0.05, 0.1) is 0 Å². The molecule has 24 heavy (non-hydrogen) atoms. The molecule has 1 atom stereocenters. The molecule has 0 unspecified atom stereocenters. The summed E-state index contributed by atoms with van der Waals surface area (Å²) >= 11 is 0. The lowest BCUT2D eigenvalue weighted by Gasteiger charge is -2.25. The summed E-state index contributed by atoms with van der Waals surface area (Å²) in [5.74, 6) is -0.372. The number of nitrogens with zero attached hydrogens (tertiary/aromatic N) is 1. The molecule has 0 radical (unpaired) electrons. The van der Waals surface area contributed by atoms with Crippen molar-refractivity contribution in [2.24, 2.45) is 5.73 Å². The van der Waals surface area contributed by atoms with Crippen molar-refractivity contribution in [3.63, 3.8) is 0 Å². The minimum Gasteiger partial charge on any atom is -0.368 e. The fraction of sp³-hybridized carbons (Fsp3) is 0.158. The number of fused-ring (bicyclic) bond motifs is 2. The van der Waals surface area contributed by atoms with Gasteiger partial charge in [-0.25, -0.2) is 0 Å². The highest BCUT2D eigenvalue weighted by Crippen LogP contribution is 2.33. The molecule has 1 amide bonds. The van der Waals surface area contributed by atoms with E-state index in [1.807, 2.05) is 59.5 Å². The number of anilines is 1. The zero-order chi connectivity index (χ0) is 16.7. The van der Waals surface area contributed by atoms with Gasteiger partial charge in [-0.05, 0) is 29.1 Å². The molecule has 4 rings (SSSR count). The van der Waals surface area contributed by atoms with Crippen LogP contribution in [0.3, 0.4) is 0 Å². The number of nitrogens with two attached hydrogens (primary N) is 1. The summed E-state index contributed by atoms with van der Waals surface area (Å²) in [6, 6.07) is 16.9. The molecule has 3 N–H and O–H groups in total. The van der Waals surface area contributed by atoms with Crippen LogP contribution >= 0.6 is 0 Å². The Kier molecular flexibility index (Phi) is 3.34. The molecule has 5 heteroatoms. The molecular formula is C19H17N3O2. The van der Waals surface area contributed by atoms with Crippen LogP contribution in [0.2, 0.25) is 0 Å². The third-order valence-electron chi connectivity index (χ3n) is 4.59. The van der Waals surface area contributed by atoms with Crippen molar-refractivity contribution in [2.75, 3.05) is 4.90 Å². The van der Waals surface area contributed by atoms with Crippen LogP contribution < -0.4 is 16.2 Å². The lowest BCUT2D eigenvalue weighted by atomic mass is 10.1. The Balaban J connectivity index is 1.77. The maximum Gasteiger partial charge on any atom is 0.253 e. The van der Waals surface area contributed by atoms with Gasteiger partial charge in [0, 0.05) is 29.7 Å². The minimum absolute atomic E-state index is 0.138. The first-order valence-corrected chi connectivity index (χ1v) is 7.88. The maximum atomic E-state index is 12.4. The SMILES string of the molecule is NC(=O)[C@@H]1Cc2ccccc2N1Cc1cc2ccccc2[nH]c1=O. The summed E-state index contributed by atoms with van der Waals surface area (Å²) in [6.07, 6.45) is 0.580. The molecule has 120 valence electrons. The van der Waals surface area contributed by atoms with Gasteiger partial charge in [-0.3, -0.25) is 9.59 Å². The van der Waals surface area contributed by atoms with Gasteiger partial charge in [0.1, 0.15) is 6.04 Å². The third-order valence-corrected chi connectivity index (χ3v) is 4.59. The van der Waals surface area contributed by atoms with Crippen molar-refractivity contribution in [3.05, 3.63) is 76.1 Å². The number of hydrogen-bond acceptors (Lipinski definition) is 3. The molecule has 0 bridgehead atoms. The quantitative estimate of drug-likeness (QED) is 0.774. The molecule has 1 aliphatic heterocycles. The second-order valence-corrected chi connectivity index (χ2v) is 6.09. The van der Waals surface area contributed by atoms with Gasteiger partial charge in [-0.1, -0.05) is 36.4 Å². The van der Waals surface area contributed by atoms with Crippen LogP contribution in [0.1, 0.15) is 11.1 Å². The molecule has 0 saturated heterocycles. The number of nitrogens with one attached hydrogen (secondary N) is 1. The van der Waals surface area contributed by atoms with Crippen molar-refractivity contribution in [3.8, 4) is 0 Å². The van der Waals surface area contributed by atoms with Crippen LogP contribution in [0.4, 0.5) is 5.69 Å². The predicted octanol–water partition coefficient (Wildman–Crippen LogP) is 1.94. The van der Waals surface area contributed by atoms with Crippen LogP contribution in [-0.2, 0) is 17.8 Å². The summed E-state index contributed by atoms with van der Waals surface area (Å²) in [4.78, 5) is 29.1. The van der Waals surface area contributed by atoms with Crippen LogP contribution in [-0.4, -0.2) is 16.9 Å². The summed E-state index contributed by atoms with van der Waals surface area (Å²) in [7, 11) is 0. The second kappa shape index (κ2) is 5.53. The fourth-order valence-electron chi connectivity index (χ4n) is 3.39. The van der Waals surface area contributed by atoms with E-state index in [0.29, 0.717) is 18.5 Å². The Morgan fingerprint density at radius 2 is 1.92 bits per heavy atom.